The van der Waals surface area contributed by atoms with Crippen molar-refractivity contribution in [2.75, 3.05) is 22.9 Å². The first-order chi connectivity index (χ1) is 17.0. The molecular weight excluding hydrogens is 448 g/mol. The predicted molar refractivity (Wildman–Crippen MR) is 131 cm³/mol. The van der Waals surface area contributed by atoms with E-state index < -0.39 is 6.10 Å². The summed E-state index contributed by atoms with van der Waals surface area (Å²) in [6.45, 7) is 1.65. The summed E-state index contributed by atoms with van der Waals surface area (Å²) in [6.07, 6.45) is 4.05. The number of amides is 2. The van der Waals surface area contributed by atoms with E-state index in [4.69, 9.17) is 4.74 Å². The molecule has 186 valence electrons. The van der Waals surface area contributed by atoms with Gasteiger partial charge in [-0.1, -0.05) is 31.0 Å². The van der Waals surface area contributed by atoms with Crippen molar-refractivity contribution in [2.45, 2.75) is 63.3 Å². The number of benzene rings is 2. The second-order valence-corrected chi connectivity index (χ2v) is 9.59. The van der Waals surface area contributed by atoms with Gasteiger partial charge in [0.1, 0.15) is 6.61 Å². The number of fused-ring (bicyclic) bond motifs is 1. The van der Waals surface area contributed by atoms with E-state index in [9.17, 15) is 19.9 Å². The van der Waals surface area contributed by atoms with Crippen molar-refractivity contribution in [3.8, 4) is 0 Å². The second-order valence-electron chi connectivity index (χ2n) is 9.59. The fourth-order valence-electron chi connectivity index (χ4n) is 5.50. The van der Waals surface area contributed by atoms with Crippen molar-refractivity contribution in [1.29, 1.82) is 0 Å². The number of cyclic esters (lactones) is 1. The molecule has 5 rings (SSSR count). The molecule has 1 saturated carbocycles. The summed E-state index contributed by atoms with van der Waals surface area (Å²) in [5, 5.41) is 25.0. The van der Waals surface area contributed by atoms with Crippen LogP contribution in [0.25, 0.3) is 0 Å². The molecule has 35 heavy (non-hydrogen) atoms. The van der Waals surface area contributed by atoms with E-state index in [0.29, 0.717) is 37.4 Å². The molecule has 4 N–H and O–H groups in total. The lowest BCUT2D eigenvalue weighted by Crippen LogP contribution is -2.70. The number of anilines is 2. The smallest absolute Gasteiger partial charge is 0.414 e. The lowest BCUT2D eigenvalue weighted by molar-refractivity contribution is -0.496. The Hall–Kier alpha value is -3.14. The maximum Gasteiger partial charge on any atom is 0.414 e. The highest BCUT2D eigenvalue weighted by Crippen LogP contribution is 2.34. The maximum atomic E-state index is 12.8. The molecule has 2 atom stereocenters. The Bertz CT molecular complexity index is 1090. The van der Waals surface area contributed by atoms with Gasteiger partial charge in [0.2, 0.25) is 0 Å². The summed E-state index contributed by atoms with van der Waals surface area (Å²) in [7, 11) is 0. The van der Waals surface area contributed by atoms with Crippen LogP contribution in [0, 0.1) is 5.21 Å². The molecule has 0 aromatic heterocycles. The van der Waals surface area contributed by atoms with Crippen LogP contribution in [0.5, 0.6) is 0 Å². The van der Waals surface area contributed by atoms with Gasteiger partial charge in [-0.25, -0.2) is 4.79 Å². The van der Waals surface area contributed by atoms with Crippen LogP contribution in [0.1, 0.15) is 54.4 Å². The number of hydrogen-bond donors (Lipinski definition) is 3. The number of quaternary nitrogens is 1. The molecular formula is C26H32N4O5. The number of aliphatic hydroxyl groups excluding tert-OH is 1. The molecule has 0 radical (unpaired) electrons. The number of nitrogens with zero attached hydrogens (tertiary/aromatic N) is 2. The molecule has 2 amide bonds. The third-order valence-corrected chi connectivity index (χ3v) is 7.43. The van der Waals surface area contributed by atoms with Crippen LogP contribution in [-0.4, -0.2) is 48.4 Å². The van der Waals surface area contributed by atoms with E-state index in [0.717, 1.165) is 54.5 Å². The van der Waals surface area contributed by atoms with Crippen LogP contribution in [-0.2, 0) is 11.3 Å². The number of ether oxygens (including phenoxy) is 1. The van der Waals surface area contributed by atoms with Gasteiger partial charge in [-0.15, -0.1) is 0 Å². The number of aliphatic hydroxyl groups is 1. The monoisotopic (exact) mass is 480 g/mol. The summed E-state index contributed by atoms with van der Waals surface area (Å²) in [5.74, 6) is -0.272. The highest BCUT2D eigenvalue weighted by molar-refractivity contribution is 5.96. The van der Waals surface area contributed by atoms with Crippen LogP contribution < -0.4 is 20.6 Å². The Labute approximate surface area is 204 Å². The molecule has 9 nitrogen and oxygen atoms in total. The van der Waals surface area contributed by atoms with Gasteiger partial charge in [-0.3, -0.25) is 9.69 Å². The first kappa shape index (κ1) is 23.6. The van der Waals surface area contributed by atoms with E-state index in [2.05, 4.69) is 10.2 Å². The molecule has 3 aliphatic rings. The van der Waals surface area contributed by atoms with Crippen molar-refractivity contribution >= 4 is 29.1 Å². The lowest BCUT2D eigenvalue weighted by Gasteiger charge is -2.41. The van der Waals surface area contributed by atoms with Crippen LogP contribution in [0.15, 0.2) is 42.5 Å². The average Bonchev–Trinajstić information content (AvgIpc) is 2.89. The van der Waals surface area contributed by atoms with E-state index in [-0.39, 0.29) is 24.1 Å². The van der Waals surface area contributed by atoms with Crippen molar-refractivity contribution in [3.63, 3.8) is 0 Å². The number of piperidine rings is 1. The summed E-state index contributed by atoms with van der Waals surface area (Å²) >= 11 is 0. The third-order valence-electron chi connectivity index (χ3n) is 7.43. The topological polar surface area (TPSA) is 122 Å². The highest BCUT2D eigenvalue weighted by Gasteiger charge is 2.34. The van der Waals surface area contributed by atoms with Crippen molar-refractivity contribution in [2.24, 2.45) is 0 Å². The Morgan fingerprint density at radius 2 is 1.83 bits per heavy atom. The summed E-state index contributed by atoms with van der Waals surface area (Å²) in [6, 6.07) is 12.8. The summed E-state index contributed by atoms with van der Waals surface area (Å²) in [4.78, 5) is 29.2. The molecule has 0 bridgehead atoms. The highest BCUT2D eigenvalue weighted by atomic mass is 16.6. The first-order valence-electron chi connectivity index (χ1n) is 12.4. The van der Waals surface area contributed by atoms with E-state index in [1.165, 1.54) is 0 Å². The Morgan fingerprint density at radius 1 is 1.06 bits per heavy atom. The molecule has 2 aromatic carbocycles. The quantitative estimate of drug-likeness (QED) is 0.447. The number of para-hydroxylation sites is 1. The zero-order chi connectivity index (χ0) is 24.4. The Morgan fingerprint density at radius 3 is 2.60 bits per heavy atom. The van der Waals surface area contributed by atoms with Gasteiger partial charge in [0, 0.05) is 36.3 Å². The zero-order valence-corrected chi connectivity index (χ0v) is 19.7. The first-order valence-corrected chi connectivity index (χ1v) is 12.4. The number of carbonyl (C=O) groups excluding carboxylic acids is 2. The Balaban J connectivity index is 1.26. The minimum absolute atomic E-state index is 0.0202. The van der Waals surface area contributed by atoms with Gasteiger partial charge in [-0.2, -0.15) is 0 Å². The third kappa shape index (κ3) is 4.84. The number of nitrogens with one attached hydrogen (secondary N) is 1. The van der Waals surface area contributed by atoms with Crippen LogP contribution in [0.4, 0.5) is 21.9 Å². The standard InChI is InChI=1S/C26H32N4O5/c31-24-8-4-2-6-20(24)27-25(32)17-9-10-23(21(15-17)28-34)29-13-11-19(12-14-29)30-22-7-3-1-5-18(22)16-35-26(30)33/h1,3,5,7,9-10,15,19-20,24,31H,2,4,6,8,11-14,16,28H2,(H,27,32)/t20-,24-/m0/s1. The van der Waals surface area contributed by atoms with E-state index in [1.807, 2.05) is 30.3 Å². The Kier molecular flexibility index (Phi) is 6.90. The minimum atomic E-state index is -0.525. The summed E-state index contributed by atoms with van der Waals surface area (Å²) < 4.78 is 5.39. The predicted octanol–water partition coefficient (Wildman–Crippen LogP) is 2.54. The van der Waals surface area contributed by atoms with Crippen LogP contribution in [0.2, 0.25) is 0 Å². The van der Waals surface area contributed by atoms with Crippen molar-refractivity contribution in [3.05, 3.63) is 58.8 Å². The van der Waals surface area contributed by atoms with E-state index >= 15 is 0 Å². The minimum Gasteiger partial charge on any atom is -0.630 e. The van der Waals surface area contributed by atoms with Crippen molar-refractivity contribution < 1.29 is 24.9 Å². The maximum absolute atomic E-state index is 12.8. The fourth-order valence-corrected chi connectivity index (χ4v) is 5.50. The molecule has 2 heterocycles. The summed E-state index contributed by atoms with van der Waals surface area (Å²) in [5.41, 5.74) is 4.36. The number of carbonyl (C=O) groups is 2. The van der Waals surface area contributed by atoms with Gasteiger partial charge in [0.25, 0.3) is 5.91 Å². The van der Waals surface area contributed by atoms with Crippen molar-refractivity contribution in [1.82, 2.24) is 5.32 Å². The van der Waals surface area contributed by atoms with Gasteiger partial charge < -0.3 is 30.7 Å². The van der Waals surface area contributed by atoms with Crippen LogP contribution >= 0.6 is 0 Å². The molecule has 2 aromatic rings. The molecule has 2 fully saturated rings. The van der Waals surface area contributed by atoms with Gasteiger partial charge in [0.15, 0.2) is 5.69 Å². The molecule has 1 saturated heterocycles. The molecule has 9 heteroatoms. The van der Waals surface area contributed by atoms with Gasteiger partial charge >= 0.3 is 6.09 Å². The van der Waals surface area contributed by atoms with Crippen LogP contribution in [0.3, 0.4) is 0 Å². The molecule has 2 aliphatic heterocycles. The zero-order valence-electron chi connectivity index (χ0n) is 19.7. The lowest BCUT2D eigenvalue weighted by atomic mass is 9.92. The number of nitrogens with two attached hydrogens (primary N) is 1. The molecule has 0 unspecified atom stereocenters. The fraction of sp³-hybridized carbons (Fsp3) is 0.462. The second kappa shape index (κ2) is 10.2. The van der Waals surface area contributed by atoms with E-state index in [1.54, 1.807) is 17.0 Å². The number of hydrogen-bond acceptors (Lipinski definition) is 6. The molecule has 1 aliphatic carbocycles. The SMILES string of the molecule is O=C(N[C@H]1CCCC[C@@H]1O)c1ccc(N2CCC(N3C(=O)OCc4ccccc43)CC2)c([NH2+][O-])c1. The number of rotatable bonds is 5. The van der Waals surface area contributed by atoms with Gasteiger partial charge in [0.05, 0.1) is 23.5 Å². The largest absolute Gasteiger partial charge is 0.630 e. The molecule has 0 spiro atoms. The normalized spacial score (nSPS) is 23.0. The average molecular weight is 481 g/mol. The van der Waals surface area contributed by atoms with Gasteiger partial charge in [-0.05, 0) is 43.9 Å².